The first-order valence-electron chi connectivity index (χ1n) is 13.2. The second-order valence-electron chi connectivity index (χ2n) is 8.89. The van der Waals surface area contributed by atoms with E-state index in [4.69, 9.17) is 4.79 Å². The molecule has 2 aromatic rings. The molecule has 42 heavy (non-hydrogen) atoms. The van der Waals surface area contributed by atoms with Crippen molar-refractivity contribution in [1.29, 1.82) is 0 Å². The standard InChI is InChI=1S/C27H32F3N7OS.C2H4O/c1-4-36-11-13-37(14-12-36)18-21-6-7-22(16-24(21)27(28,29)30)34-26(38)35-25-15-20(9-10-33-25)5-8-23(17-31-2)39-19-32-3;1-2-3/h6-7,9-10,15-17,32H,2,4,11-14,18-19H2,1,3H3,(H2,33,34,35,38);2H,1H3/b23-17-;. The number of aromatic nitrogens is 1. The van der Waals surface area contributed by atoms with E-state index in [1.807, 2.05) is 11.9 Å². The van der Waals surface area contributed by atoms with E-state index in [9.17, 15) is 18.0 Å². The van der Waals surface area contributed by atoms with Crippen molar-refractivity contribution in [1.82, 2.24) is 20.1 Å². The van der Waals surface area contributed by atoms with Gasteiger partial charge in [0, 0.05) is 62.2 Å². The molecule has 0 atom stereocenters. The zero-order valence-electron chi connectivity index (χ0n) is 23.9. The first kappa shape index (κ1) is 34.5. The van der Waals surface area contributed by atoms with Crippen LogP contribution in [0.5, 0.6) is 0 Å². The topological polar surface area (TPSA) is 102 Å². The zero-order chi connectivity index (χ0) is 31.0. The molecular weight excluding hydrogens is 567 g/mol. The number of allylic oxidation sites excluding steroid dienone is 1. The number of amides is 2. The molecule has 0 saturated carbocycles. The maximum absolute atomic E-state index is 13.9. The number of urea groups is 1. The maximum atomic E-state index is 13.9. The Labute approximate surface area is 249 Å². The van der Waals surface area contributed by atoms with Crippen molar-refractivity contribution in [2.75, 3.05) is 56.3 Å². The predicted octanol–water partition coefficient (Wildman–Crippen LogP) is 4.89. The highest BCUT2D eigenvalue weighted by Crippen LogP contribution is 2.34. The van der Waals surface area contributed by atoms with Crippen LogP contribution in [-0.2, 0) is 17.5 Å². The summed E-state index contributed by atoms with van der Waals surface area (Å²) in [5, 5.41) is 8.02. The third kappa shape index (κ3) is 12.0. The number of hydrogen-bond donors (Lipinski definition) is 3. The van der Waals surface area contributed by atoms with E-state index < -0.39 is 17.8 Å². The van der Waals surface area contributed by atoms with E-state index in [0.29, 0.717) is 29.4 Å². The molecular formula is C29H36F3N7O2S. The Morgan fingerprint density at radius 2 is 1.86 bits per heavy atom. The number of rotatable bonds is 9. The number of benzene rings is 1. The summed E-state index contributed by atoms with van der Waals surface area (Å²) in [6.45, 7) is 11.2. The molecule has 1 aromatic heterocycles. The Morgan fingerprint density at radius 1 is 1.17 bits per heavy atom. The van der Waals surface area contributed by atoms with Gasteiger partial charge >= 0.3 is 12.2 Å². The van der Waals surface area contributed by atoms with Crippen LogP contribution in [0.25, 0.3) is 0 Å². The molecule has 1 aliphatic heterocycles. The third-order valence-corrected chi connectivity index (χ3v) is 6.84. The lowest BCUT2D eigenvalue weighted by molar-refractivity contribution is -0.138. The lowest BCUT2D eigenvalue weighted by atomic mass is 10.0. The van der Waals surface area contributed by atoms with E-state index in [0.717, 1.165) is 32.0 Å². The lowest BCUT2D eigenvalue weighted by Gasteiger charge is -2.34. The van der Waals surface area contributed by atoms with Gasteiger partial charge in [-0.25, -0.2) is 9.78 Å². The van der Waals surface area contributed by atoms with Gasteiger partial charge in [0.15, 0.2) is 0 Å². The van der Waals surface area contributed by atoms with Crippen molar-refractivity contribution >= 4 is 42.3 Å². The van der Waals surface area contributed by atoms with Gasteiger partial charge in [-0.05, 0) is 57.1 Å². The molecule has 1 aromatic carbocycles. The number of anilines is 2. The summed E-state index contributed by atoms with van der Waals surface area (Å²) in [5.74, 6) is 6.80. The van der Waals surface area contributed by atoms with Crippen LogP contribution >= 0.6 is 11.8 Å². The molecule has 2 amide bonds. The van der Waals surface area contributed by atoms with Crippen molar-refractivity contribution < 1.29 is 22.8 Å². The number of carbonyl (C=O) groups is 2. The van der Waals surface area contributed by atoms with Crippen LogP contribution < -0.4 is 16.0 Å². The van der Waals surface area contributed by atoms with Gasteiger partial charge in [0.2, 0.25) is 0 Å². The molecule has 0 radical (unpaired) electrons. The number of thioether (sulfide) groups is 1. The zero-order valence-corrected chi connectivity index (χ0v) is 24.7. The largest absolute Gasteiger partial charge is 0.416 e. The number of pyridine rings is 1. The quantitative estimate of drug-likeness (QED) is 0.162. The average molecular weight is 604 g/mol. The van der Waals surface area contributed by atoms with Crippen molar-refractivity contribution in [3.05, 3.63) is 64.3 Å². The fourth-order valence-corrected chi connectivity index (χ4v) is 4.46. The molecule has 2 heterocycles. The maximum Gasteiger partial charge on any atom is 0.416 e. The second kappa shape index (κ2) is 18.0. The molecule has 9 nitrogen and oxygen atoms in total. The Kier molecular flexibility index (Phi) is 14.8. The number of carbonyl (C=O) groups excluding carboxylic acids is 2. The summed E-state index contributed by atoms with van der Waals surface area (Å²) < 4.78 is 41.6. The van der Waals surface area contributed by atoms with Crippen molar-refractivity contribution in [2.24, 2.45) is 4.99 Å². The molecule has 0 spiro atoms. The SMILES string of the molecule is C=N/C=C(/C#Cc1ccnc(NC(=O)Nc2ccc(CN3CCN(CC)CC3)c(C(F)(F)F)c2)c1)SCNC.CC=O. The van der Waals surface area contributed by atoms with E-state index >= 15 is 0 Å². The number of nitrogens with one attached hydrogen (secondary N) is 3. The van der Waals surface area contributed by atoms with Crippen molar-refractivity contribution in [2.45, 2.75) is 26.6 Å². The second-order valence-corrected chi connectivity index (χ2v) is 9.91. The van der Waals surface area contributed by atoms with E-state index in [2.05, 4.69) is 56.3 Å². The number of halogens is 3. The first-order valence-corrected chi connectivity index (χ1v) is 14.2. The highest BCUT2D eigenvalue weighted by molar-refractivity contribution is 8.03. The Morgan fingerprint density at radius 3 is 2.48 bits per heavy atom. The number of aliphatic imine (C=N–C) groups is 1. The minimum atomic E-state index is -4.55. The number of likely N-dealkylation sites (N-methyl/N-ethyl adjacent to an activating group) is 1. The van der Waals surface area contributed by atoms with E-state index in [1.165, 1.54) is 37.0 Å². The van der Waals surface area contributed by atoms with Gasteiger partial charge in [-0.15, -0.1) is 11.8 Å². The fourth-order valence-electron chi connectivity index (χ4n) is 3.89. The van der Waals surface area contributed by atoms with Gasteiger partial charge < -0.3 is 20.3 Å². The molecule has 1 fully saturated rings. The number of aldehydes is 1. The molecule has 3 N–H and O–H groups in total. The lowest BCUT2D eigenvalue weighted by Crippen LogP contribution is -2.45. The summed E-state index contributed by atoms with van der Waals surface area (Å²) in [6, 6.07) is 6.40. The molecule has 1 saturated heterocycles. The third-order valence-electron chi connectivity index (χ3n) is 5.89. The van der Waals surface area contributed by atoms with Gasteiger partial charge in [0.05, 0.1) is 10.5 Å². The number of hydrogen-bond acceptors (Lipinski definition) is 8. The minimum absolute atomic E-state index is 0.0311. The Balaban J connectivity index is 0.00000197. The summed E-state index contributed by atoms with van der Waals surface area (Å²) in [6.07, 6.45) is -0.773. The van der Waals surface area contributed by atoms with Crippen LogP contribution in [0, 0.1) is 11.8 Å². The highest BCUT2D eigenvalue weighted by Gasteiger charge is 2.34. The van der Waals surface area contributed by atoms with Crippen LogP contribution in [-0.4, -0.2) is 79.5 Å². The Hall–Kier alpha value is -3.70. The molecule has 1 aliphatic rings. The van der Waals surface area contributed by atoms with Crippen LogP contribution in [0.1, 0.15) is 30.5 Å². The smallest absolute Gasteiger partial charge is 0.311 e. The van der Waals surface area contributed by atoms with Gasteiger partial charge in [0.25, 0.3) is 0 Å². The molecule has 0 bridgehead atoms. The minimum Gasteiger partial charge on any atom is -0.311 e. The molecule has 0 unspecified atom stereocenters. The van der Waals surface area contributed by atoms with Gasteiger partial charge in [-0.3, -0.25) is 15.2 Å². The normalized spacial score (nSPS) is 14.1. The van der Waals surface area contributed by atoms with Crippen LogP contribution in [0.15, 0.2) is 52.6 Å². The first-order chi connectivity index (χ1) is 20.1. The van der Waals surface area contributed by atoms with E-state index in [-0.39, 0.29) is 23.6 Å². The number of piperazine rings is 1. The molecule has 226 valence electrons. The van der Waals surface area contributed by atoms with Gasteiger partial charge in [0.1, 0.15) is 12.1 Å². The summed E-state index contributed by atoms with van der Waals surface area (Å²) >= 11 is 1.46. The van der Waals surface area contributed by atoms with Gasteiger partial charge in [-0.2, -0.15) is 13.2 Å². The fraction of sp³-hybridized carbons (Fsp3) is 0.379. The summed E-state index contributed by atoms with van der Waals surface area (Å²) in [5.41, 5.74) is 0.0364. The van der Waals surface area contributed by atoms with Gasteiger partial charge in [-0.1, -0.05) is 24.8 Å². The van der Waals surface area contributed by atoms with Crippen molar-refractivity contribution in [3.63, 3.8) is 0 Å². The number of nitrogens with zero attached hydrogens (tertiary/aromatic N) is 4. The van der Waals surface area contributed by atoms with Crippen LogP contribution in [0.2, 0.25) is 0 Å². The van der Waals surface area contributed by atoms with Crippen LogP contribution in [0.3, 0.4) is 0 Å². The predicted molar refractivity (Wildman–Crippen MR) is 163 cm³/mol. The summed E-state index contributed by atoms with van der Waals surface area (Å²) in [4.78, 5) is 34.2. The van der Waals surface area contributed by atoms with Crippen molar-refractivity contribution in [3.8, 4) is 11.8 Å². The number of alkyl halides is 3. The molecule has 13 heteroatoms. The van der Waals surface area contributed by atoms with E-state index in [1.54, 1.807) is 18.3 Å². The monoisotopic (exact) mass is 603 g/mol. The highest BCUT2D eigenvalue weighted by atomic mass is 32.2. The molecule has 0 aliphatic carbocycles. The Bertz CT molecular complexity index is 1280. The summed E-state index contributed by atoms with van der Waals surface area (Å²) in [7, 11) is 1.82. The average Bonchev–Trinajstić information content (AvgIpc) is 2.96. The molecule has 3 rings (SSSR count). The van der Waals surface area contributed by atoms with Crippen LogP contribution in [0.4, 0.5) is 29.5 Å².